The Labute approximate surface area is 98.0 Å². The average Bonchev–Trinajstić information content (AvgIpc) is 2.70. The van der Waals surface area contributed by atoms with Gasteiger partial charge in [0.2, 0.25) is 0 Å². The maximum atomic E-state index is 12.3. The van der Waals surface area contributed by atoms with E-state index in [4.69, 9.17) is 0 Å². The van der Waals surface area contributed by atoms with Crippen LogP contribution in [-0.4, -0.2) is 32.6 Å². The lowest BCUT2D eigenvalue weighted by Gasteiger charge is -2.18. The molecule has 0 saturated carbocycles. The summed E-state index contributed by atoms with van der Waals surface area (Å²) in [7, 11) is 1.32. The van der Waals surface area contributed by atoms with Gasteiger partial charge in [-0.05, 0) is 30.2 Å². The average molecular weight is 241 g/mol. The van der Waals surface area contributed by atoms with Crippen LogP contribution in [0.4, 0.5) is 14.5 Å². The molecule has 0 radical (unpaired) electrons. The molecule has 1 aliphatic rings. The van der Waals surface area contributed by atoms with E-state index in [0.29, 0.717) is 18.5 Å². The molecule has 0 aliphatic carbocycles. The lowest BCUT2D eigenvalue weighted by Crippen LogP contribution is -2.26. The third-order valence-corrected chi connectivity index (χ3v) is 2.85. The molecular weight excluding hydrogens is 228 g/mol. The minimum atomic E-state index is -2.35. The van der Waals surface area contributed by atoms with Crippen LogP contribution in [0.1, 0.15) is 15.9 Å². The summed E-state index contributed by atoms with van der Waals surface area (Å²) in [5.74, 6) is -0.403. The fourth-order valence-corrected chi connectivity index (χ4v) is 2.07. The Kier molecular flexibility index (Phi) is 3.26. The van der Waals surface area contributed by atoms with E-state index in [2.05, 4.69) is 4.74 Å². The van der Waals surface area contributed by atoms with Crippen LogP contribution in [0, 0.1) is 0 Å². The van der Waals surface area contributed by atoms with E-state index in [9.17, 15) is 13.6 Å². The highest BCUT2D eigenvalue weighted by Gasteiger charge is 2.22. The number of alkyl halides is 2. The first-order valence-electron chi connectivity index (χ1n) is 5.36. The number of esters is 1. The number of halogens is 2. The van der Waals surface area contributed by atoms with Crippen LogP contribution in [0.15, 0.2) is 18.2 Å². The van der Waals surface area contributed by atoms with Gasteiger partial charge in [-0.2, -0.15) is 0 Å². The Bertz CT molecular complexity index is 435. The summed E-state index contributed by atoms with van der Waals surface area (Å²) in [6, 6.07) is 5.03. The first kappa shape index (κ1) is 11.8. The summed E-state index contributed by atoms with van der Waals surface area (Å²) in [5.41, 5.74) is 2.18. The molecule has 0 N–H and O–H groups in total. The number of carbonyl (C=O) groups is 1. The highest BCUT2D eigenvalue weighted by Crippen LogP contribution is 2.29. The zero-order valence-corrected chi connectivity index (χ0v) is 9.45. The van der Waals surface area contributed by atoms with E-state index in [0.717, 1.165) is 11.3 Å². The topological polar surface area (TPSA) is 29.5 Å². The van der Waals surface area contributed by atoms with Gasteiger partial charge in [0.1, 0.15) is 0 Å². The number of carbonyl (C=O) groups excluding carboxylic acids is 1. The van der Waals surface area contributed by atoms with Gasteiger partial charge in [-0.15, -0.1) is 0 Å². The number of methoxy groups -OCH3 is 1. The molecule has 0 bridgehead atoms. The van der Waals surface area contributed by atoms with Crippen molar-refractivity contribution in [1.29, 1.82) is 0 Å². The van der Waals surface area contributed by atoms with Crippen LogP contribution in [0.3, 0.4) is 0 Å². The summed E-state index contributed by atoms with van der Waals surface area (Å²) in [4.78, 5) is 13.0. The van der Waals surface area contributed by atoms with Gasteiger partial charge in [-0.3, -0.25) is 0 Å². The number of benzene rings is 1. The van der Waals surface area contributed by atoms with Crippen LogP contribution in [0.25, 0.3) is 0 Å². The molecule has 0 spiro atoms. The molecule has 2 rings (SSSR count). The fourth-order valence-electron chi connectivity index (χ4n) is 2.07. The van der Waals surface area contributed by atoms with Crippen LogP contribution in [-0.2, 0) is 11.2 Å². The maximum Gasteiger partial charge on any atom is 0.337 e. The second-order valence-electron chi connectivity index (χ2n) is 3.92. The third-order valence-electron chi connectivity index (χ3n) is 2.85. The van der Waals surface area contributed by atoms with E-state index in [-0.39, 0.29) is 6.54 Å². The summed E-state index contributed by atoms with van der Waals surface area (Å²) in [5, 5.41) is 0. The zero-order chi connectivity index (χ0) is 12.4. The minimum Gasteiger partial charge on any atom is -0.465 e. The van der Waals surface area contributed by atoms with Gasteiger partial charge in [-0.1, -0.05) is 0 Å². The molecule has 0 unspecified atom stereocenters. The number of hydrogen-bond acceptors (Lipinski definition) is 3. The van der Waals surface area contributed by atoms with Gasteiger partial charge >= 0.3 is 5.97 Å². The summed E-state index contributed by atoms with van der Waals surface area (Å²) in [6.07, 6.45) is -1.66. The van der Waals surface area contributed by atoms with Crippen LogP contribution in [0.5, 0.6) is 0 Å². The lowest BCUT2D eigenvalue weighted by atomic mass is 10.1. The van der Waals surface area contributed by atoms with Gasteiger partial charge in [0.15, 0.2) is 0 Å². The van der Waals surface area contributed by atoms with Crippen molar-refractivity contribution < 1.29 is 18.3 Å². The Morgan fingerprint density at radius 1 is 1.53 bits per heavy atom. The first-order valence-corrected chi connectivity index (χ1v) is 5.36. The fraction of sp³-hybridized carbons (Fsp3) is 0.417. The molecule has 92 valence electrons. The minimum absolute atomic E-state index is 0.259. The van der Waals surface area contributed by atoms with E-state index >= 15 is 0 Å². The number of anilines is 1. The Morgan fingerprint density at radius 2 is 2.29 bits per heavy atom. The molecule has 0 saturated heterocycles. The van der Waals surface area contributed by atoms with Gasteiger partial charge in [0.05, 0.1) is 19.2 Å². The molecule has 1 aliphatic heterocycles. The lowest BCUT2D eigenvalue weighted by molar-refractivity contribution is 0.0600. The Morgan fingerprint density at radius 3 is 2.94 bits per heavy atom. The number of ether oxygens (including phenoxy) is 1. The Balaban J connectivity index is 2.22. The number of rotatable bonds is 3. The van der Waals surface area contributed by atoms with E-state index < -0.39 is 12.4 Å². The van der Waals surface area contributed by atoms with E-state index in [1.54, 1.807) is 23.1 Å². The van der Waals surface area contributed by atoms with Crippen molar-refractivity contribution in [1.82, 2.24) is 0 Å². The number of hydrogen-bond donors (Lipinski definition) is 0. The molecule has 0 aromatic heterocycles. The molecule has 0 amide bonds. The van der Waals surface area contributed by atoms with Crippen molar-refractivity contribution in [3.05, 3.63) is 29.3 Å². The van der Waals surface area contributed by atoms with E-state index in [1.807, 2.05) is 0 Å². The molecule has 0 fully saturated rings. The van der Waals surface area contributed by atoms with Crippen molar-refractivity contribution in [2.45, 2.75) is 12.8 Å². The van der Waals surface area contributed by atoms with Crippen LogP contribution in [0.2, 0.25) is 0 Å². The monoisotopic (exact) mass is 241 g/mol. The quantitative estimate of drug-likeness (QED) is 0.759. The molecule has 0 atom stereocenters. The number of fused-ring (bicyclic) bond motifs is 1. The second kappa shape index (κ2) is 4.69. The molecule has 3 nitrogen and oxygen atoms in total. The molecule has 5 heteroatoms. The standard InChI is InChI=1S/C12H13F2NO2/c1-17-12(16)9-2-3-10-8(6-9)4-5-15(10)7-11(13)14/h2-3,6,11H,4-5,7H2,1H3. The number of nitrogens with zero attached hydrogens (tertiary/aromatic N) is 1. The van der Waals surface area contributed by atoms with Crippen molar-refractivity contribution in [3.63, 3.8) is 0 Å². The SMILES string of the molecule is COC(=O)c1ccc2c(c1)CCN2CC(F)F. The Hall–Kier alpha value is -1.65. The van der Waals surface area contributed by atoms with Crippen LogP contribution >= 0.6 is 0 Å². The smallest absolute Gasteiger partial charge is 0.337 e. The highest BCUT2D eigenvalue weighted by molar-refractivity contribution is 5.90. The van der Waals surface area contributed by atoms with Crippen molar-refractivity contribution >= 4 is 11.7 Å². The third kappa shape index (κ3) is 2.38. The van der Waals surface area contributed by atoms with Crippen molar-refractivity contribution in [2.75, 3.05) is 25.1 Å². The van der Waals surface area contributed by atoms with Gasteiger partial charge in [-0.25, -0.2) is 13.6 Å². The summed E-state index contributed by atoms with van der Waals surface area (Å²) in [6.45, 7) is 0.314. The largest absolute Gasteiger partial charge is 0.465 e. The zero-order valence-electron chi connectivity index (χ0n) is 9.45. The first-order chi connectivity index (χ1) is 8.11. The highest BCUT2D eigenvalue weighted by atomic mass is 19.3. The van der Waals surface area contributed by atoms with Gasteiger partial charge < -0.3 is 9.64 Å². The van der Waals surface area contributed by atoms with Crippen molar-refractivity contribution in [3.8, 4) is 0 Å². The summed E-state index contributed by atoms with van der Waals surface area (Å²) < 4.78 is 29.3. The van der Waals surface area contributed by atoms with Crippen molar-refractivity contribution in [2.24, 2.45) is 0 Å². The molecule has 17 heavy (non-hydrogen) atoms. The molecular formula is C12H13F2NO2. The van der Waals surface area contributed by atoms with E-state index in [1.165, 1.54) is 7.11 Å². The second-order valence-corrected chi connectivity index (χ2v) is 3.92. The molecule has 1 heterocycles. The van der Waals surface area contributed by atoms with Crippen LogP contribution < -0.4 is 4.90 Å². The summed E-state index contributed by atoms with van der Waals surface area (Å²) >= 11 is 0. The van der Waals surface area contributed by atoms with Gasteiger partial charge in [0, 0.05) is 12.2 Å². The maximum absolute atomic E-state index is 12.3. The van der Waals surface area contributed by atoms with Gasteiger partial charge in [0.25, 0.3) is 6.43 Å². The predicted molar refractivity (Wildman–Crippen MR) is 59.7 cm³/mol. The molecule has 1 aromatic rings. The molecule has 1 aromatic carbocycles. The normalized spacial score (nSPS) is 14.0. The predicted octanol–water partition coefficient (Wildman–Crippen LogP) is 2.10.